The van der Waals surface area contributed by atoms with Crippen LogP contribution in [0.3, 0.4) is 0 Å². The van der Waals surface area contributed by atoms with E-state index in [0.717, 1.165) is 0 Å². The minimum atomic E-state index is -0.581. The van der Waals surface area contributed by atoms with E-state index >= 15 is 0 Å². The first-order chi connectivity index (χ1) is 6.15. The van der Waals surface area contributed by atoms with Crippen molar-refractivity contribution in [1.29, 1.82) is 5.26 Å². The van der Waals surface area contributed by atoms with Gasteiger partial charge in [-0.15, -0.1) is 12.4 Å². The lowest BCUT2D eigenvalue weighted by atomic mass is 10.1. The van der Waals surface area contributed by atoms with Gasteiger partial charge in [-0.1, -0.05) is 17.7 Å². The normalized spacial score (nSPS) is 11.3. The van der Waals surface area contributed by atoms with Gasteiger partial charge in [-0.25, -0.2) is 4.39 Å². The first-order valence-electron chi connectivity index (χ1n) is 3.72. The first-order valence-corrected chi connectivity index (χ1v) is 4.10. The van der Waals surface area contributed by atoms with Crippen molar-refractivity contribution in [2.75, 3.05) is 0 Å². The Morgan fingerprint density at radius 1 is 1.57 bits per heavy atom. The van der Waals surface area contributed by atoms with Gasteiger partial charge in [0.1, 0.15) is 5.82 Å². The summed E-state index contributed by atoms with van der Waals surface area (Å²) in [5.74, 6) is -0.463. The van der Waals surface area contributed by atoms with Crippen molar-refractivity contribution < 1.29 is 4.39 Å². The second kappa shape index (κ2) is 5.82. The number of hydrogen-bond acceptors (Lipinski definition) is 2. The van der Waals surface area contributed by atoms with Crippen LogP contribution < -0.4 is 5.73 Å². The van der Waals surface area contributed by atoms with Crippen LogP contribution in [0.25, 0.3) is 0 Å². The van der Waals surface area contributed by atoms with E-state index in [1.165, 1.54) is 12.1 Å². The van der Waals surface area contributed by atoms with E-state index in [2.05, 4.69) is 0 Å². The molecule has 0 aliphatic carbocycles. The van der Waals surface area contributed by atoms with E-state index in [1.54, 1.807) is 6.07 Å². The molecular formula is C9H9Cl2FN2. The Balaban J connectivity index is 0.00000169. The van der Waals surface area contributed by atoms with Gasteiger partial charge in [0.2, 0.25) is 0 Å². The molecule has 0 aliphatic rings. The van der Waals surface area contributed by atoms with Crippen LogP contribution in [-0.4, -0.2) is 0 Å². The second-order valence-corrected chi connectivity index (χ2v) is 3.07. The fraction of sp³-hybridized carbons (Fsp3) is 0.222. The lowest BCUT2D eigenvalue weighted by Gasteiger charge is -2.08. The van der Waals surface area contributed by atoms with Crippen molar-refractivity contribution in [1.82, 2.24) is 0 Å². The van der Waals surface area contributed by atoms with Crippen LogP contribution >= 0.6 is 24.0 Å². The summed E-state index contributed by atoms with van der Waals surface area (Å²) in [5, 5.41) is 8.69. The topological polar surface area (TPSA) is 49.8 Å². The number of hydrogen-bond donors (Lipinski definition) is 1. The number of rotatable bonds is 2. The molecule has 0 unspecified atom stereocenters. The average molecular weight is 235 g/mol. The van der Waals surface area contributed by atoms with Gasteiger partial charge in [0.15, 0.2) is 0 Å². The molecule has 2 nitrogen and oxygen atoms in total. The Morgan fingerprint density at radius 3 is 2.71 bits per heavy atom. The van der Waals surface area contributed by atoms with E-state index in [4.69, 9.17) is 22.6 Å². The predicted molar refractivity (Wildman–Crippen MR) is 55.8 cm³/mol. The quantitative estimate of drug-likeness (QED) is 0.856. The van der Waals surface area contributed by atoms with Crippen LogP contribution in [-0.2, 0) is 0 Å². The second-order valence-electron chi connectivity index (χ2n) is 2.63. The highest BCUT2D eigenvalue weighted by molar-refractivity contribution is 6.30. The summed E-state index contributed by atoms with van der Waals surface area (Å²) in [6, 6.07) is 5.54. The maximum Gasteiger partial charge on any atom is 0.129 e. The largest absolute Gasteiger partial charge is 0.323 e. The summed E-state index contributed by atoms with van der Waals surface area (Å²) in [5.41, 5.74) is 5.88. The van der Waals surface area contributed by atoms with Gasteiger partial charge < -0.3 is 5.73 Å². The van der Waals surface area contributed by atoms with Crippen molar-refractivity contribution >= 4 is 24.0 Å². The van der Waals surface area contributed by atoms with E-state index in [0.29, 0.717) is 10.6 Å². The Labute approximate surface area is 92.9 Å². The van der Waals surface area contributed by atoms with Gasteiger partial charge in [-0.05, 0) is 12.1 Å². The minimum Gasteiger partial charge on any atom is -0.323 e. The lowest BCUT2D eigenvalue weighted by Crippen LogP contribution is -2.11. The molecule has 14 heavy (non-hydrogen) atoms. The molecule has 0 radical (unpaired) electrons. The van der Waals surface area contributed by atoms with Gasteiger partial charge in [0.25, 0.3) is 0 Å². The van der Waals surface area contributed by atoms with Gasteiger partial charge in [-0.3, -0.25) is 0 Å². The highest BCUT2D eigenvalue weighted by Gasteiger charge is 2.10. The number of benzene rings is 1. The fourth-order valence-corrected chi connectivity index (χ4v) is 1.17. The Morgan fingerprint density at radius 2 is 2.21 bits per heavy atom. The molecule has 1 atom stereocenters. The van der Waals surface area contributed by atoms with Crippen LogP contribution in [0.4, 0.5) is 4.39 Å². The van der Waals surface area contributed by atoms with Crippen molar-refractivity contribution in [3.63, 3.8) is 0 Å². The number of nitrogens with zero attached hydrogens (tertiary/aromatic N) is 1. The molecule has 0 aromatic heterocycles. The monoisotopic (exact) mass is 234 g/mol. The third kappa shape index (κ3) is 3.15. The molecule has 5 heteroatoms. The van der Waals surface area contributed by atoms with Crippen molar-refractivity contribution in [2.45, 2.75) is 12.5 Å². The van der Waals surface area contributed by atoms with Crippen LogP contribution in [0.15, 0.2) is 18.2 Å². The molecule has 0 aliphatic heterocycles. The standard InChI is InChI=1S/C9H8ClFN2.ClH/c10-6-1-2-7(8(11)5-6)9(13)3-4-12;/h1-2,5,9H,3,13H2;1H/t9-;/m1./s1. The summed E-state index contributed by atoms with van der Waals surface area (Å²) in [6.07, 6.45) is 0.0958. The van der Waals surface area contributed by atoms with Crippen LogP contribution in [0.5, 0.6) is 0 Å². The number of halogens is 3. The van der Waals surface area contributed by atoms with E-state index in [-0.39, 0.29) is 18.8 Å². The lowest BCUT2D eigenvalue weighted by molar-refractivity contribution is 0.585. The zero-order chi connectivity index (χ0) is 9.84. The summed E-state index contributed by atoms with van der Waals surface area (Å²) in [7, 11) is 0. The summed E-state index contributed by atoms with van der Waals surface area (Å²) >= 11 is 5.55. The molecule has 2 N–H and O–H groups in total. The third-order valence-electron chi connectivity index (χ3n) is 1.67. The van der Waals surface area contributed by atoms with Gasteiger partial charge in [0.05, 0.1) is 12.5 Å². The molecule has 1 aromatic carbocycles. The van der Waals surface area contributed by atoms with Gasteiger partial charge in [0, 0.05) is 16.6 Å². The fourth-order valence-electron chi connectivity index (χ4n) is 1.01. The molecular weight excluding hydrogens is 226 g/mol. The molecule has 0 fully saturated rings. The summed E-state index contributed by atoms with van der Waals surface area (Å²) in [6.45, 7) is 0. The highest BCUT2D eigenvalue weighted by Crippen LogP contribution is 2.20. The third-order valence-corrected chi connectivity index (χ3v) is 1.91. The first kappa shape index (κ1) is 13.2. The maximum atomic E-state index is 13.2. The molecule has 1 rings (SSSR count). The van der Waals surface area contributed by atoms with Gasteiger partial charge >= 0.3 is 0 Å². The van der Waals surface area contributed by atoms with E-state index in [9.17, 15) is 4.39 Å². The zero-order valence-electron chi connectivity index (χ0n) is 7.21. The maximum absolute atomic E-state index is 13.2. The minimum absolute atomic E-state index is 0. The molecule has 0 saturated carbocycles. The molecule has 0 amide bonds. The zero-order valence-corrected chi connectivity index (χ0v) is 8.78. The smallest absolute Gasteiger partial charge is 0.129 e. The predicted octanol–water partition coefficient (Wildman–Crippen LogP) is 2.81. The van der Waals surface area contributed by atoms with Crippen LogP contribution in [0.2, 0.25) is 5.02 Å². The average Bonchev–Trinajstić information content (AvgIpc) is 2.04. The number of nitrogens with two attached hydrogens (primary N) is 1. The Hall–Kier alpha value is -0.820. The van der Waals surface area contributed by atoms with E-state index < -0.39 is 11.9 Å². The van der Waals surface area contributed by atoms with Gasteiger partial charge in [-0.2, -0.15) is 5.26 Å². The Bertz CT molecular complexity index is 349. The molecule has 0 heterocycles. The molecule has 0 saturated heterocycles. The molecule has 1 aromatic rings. The van der Waals surface area contributed by atoms with Crippen molar-refractivity contribution in [2.24, 2.45) is 5.73 Å². The van der Waals surface area contributed by atoms with Crippen LogP contribution in [0.1, 0.15) is 18.0 Å². The number of nitriles is 1. The van der Waals surface area contributed by atoms with Crippen molar-refractivity contribution in [3.05, 3.63) is 34.6 Å². The molecule has 76 valence electrons. The van der Waals surface area contributed by atoms with E-state index in [1.807, 2.05) is 6.07 Å². The molecule has 0 bridgehead atoms. The highest BCUT2D eigenvalue weighted by atomic mass is 35.5. The summed E-state index contributed by atoms with van der Waals surface area (Å²) < 4.78 is 13.2. The molecule has 0 spiro atoms. The van der Waals surface area contributed by atoms with Crippen LogP contribution in [0, 0.1) is 17.1 Å². The summed E-state index contributed by atoms with van der Waals surface area (Å²) in [4.78, 5) is 0. The SMILES string of the molecule is Cl.N#CC[C@@H](N)c1ccc(Cl)cc1F. The van der Waals surface area contributed by atoms with Crippen molar-refractivity contribution in [3.8, 4) is 6.07 Å². The Kier molecular flexibility index (Phi) is 5.47.